The van der Waals surface area contributed by atoms with Gasteiger partial charge in [-0.25, -0.2) is 0 Å². The molecular weight excluding hydrogens is 228 g/mol. The Hall–Kier alpha value is -1.55. The Morgan fingerprint density at radius 2 is 2.17 bits per heavy atom. The number of morpholine rings is 1. The van der Waals surface area contributed by atoms with Crippen molar-refractivity contribution in [3.05, 3.63) is 29.8 Å². The van der Waals surface area contributed by atoms with Gasteiger partial charge in [-0.15, -0.1) is 0 Å². The molecular formula is C14H18N2O2. The minimum Gasteiger partial charge on any atom is -0.497 e. The largest absolute Gasteiger partial charge is 0.497 e. The first-order chi connectivity index (χ1) is 8.74. The molecule has 4 nitrogen and oxygen atoms in total. The first-order valence-electron chi connectivity index (χ1n) is 6.25. The molecule has 0 amide bonds. The number of fused-ring (bicyclic) bond motifs is 1. The van der Waals surface area contributed by atoms with Crippen molar-refractivity contribution in [1.82, 2.24) is 4.90 Å². The van der Waals surface area contributed by atoms with Crippen LogP contribution in [0.15, 0.2) is 29.3 Å². The summed E-state index contributed by atoms with van der Waals surface area (Å²) in [4.78, 5) is 6.71. The summed E-state index contributed by atoms with van der Waals surface area (Å²) in [6.45, 7) is 4.51. The van der Waals surface area contributed by atoms with Crippen LogP contribution >= 0.6 is 0 Å². The van der Waals surface area contributed by atoms with E-state index >= 15 is 0 Å². The number of ether oxygens (including phenoxy) is 2. The zero-order chi connectivity index (χ0) is 12.6. The molecule has 4 heteroatoms. The van der Waals surface area contributed by atoms with Crippen LogP contribution in [0.2, 0.25) is 0 Å². The van der Waals surface area contributed by atoms with Crippen LogP contribution in [-0.2, 0) is 10.3 Å². The average molecular weight is 246 g/mol. The van der Waals surface area contributed by atoms with Crippen LogP contribution in [0.3, 0.4) is 0 Å². The van der Waals surface area contributed by atoms with E-state index < -0.39 is 0 Å². The predicted molar refractivity (Wildman–Crippen MR) is 70.2 cm³/mol. The Balaban J connectivity index is 1.94. The molecule has 3 rings (SSSR count). The molecule has 1 aromatic carbocycles. The third-order valence-electron chi connectivity index (χ3n) is 3.89. The van der Waals surface area contributed by atoms with Gasteiger partial charge in [0.25, 0.3) is 0 Å². The smallest absolute Gasteiger partial charge is 0.118 e. The van der Waals surface area contributed by atoms with Crippen molar-refractivity contribution < 1.29 is 9.47 Å². The van der Waals surface area contributed by atoms with E-state index in [9.17, 15) is 0 Å². The topological polar surface area (TPSA) is 34.1 Å². The van der Waals surface area contributed by atoms with Crippen molar-refractivity contribution >= 4 is 6.34 Å². The summed E-state index contributed by atoms with van der Waals surface area (Å²) >= 11 is 0. The second-order valence-corrected chi connectivity index (χ2v) is 5.06. The zero-order valence-electron chi connectivity index (χ0n) is 10.8. The van der Waals surface area contributed by atoms with Gasteiger partial charge in [-0.2, -0.15) is 0 Å². The van der Waals surface area contributed by atoms with E-state index in [1.165, 1.54) is 5.56 Å². The second-order valence-electron chi connectivity index (χ2n) is 5.06. The minimum absolute atomic E-state index is 0.130. The SMILES string of the molecule is COc1ccc(C2(C)COCC3CN=CN32)cc1. The molecule has 0 aromatic heterocycles. The Morgan fingerprint density at radius 1 is 1.39 bits per heavy atom. The maximum Gasteiger partial charge on any atom is 0.118 e. The maximum atomic E-state index is 5.76. The lowest BCUT2D eigenvalue weighted by molar-refractivity contribution is -0.0522. The Kier molecular flexibility index (Phi) is 2.74. The summed E-state index contributed by atoms with van der Waals surface area (Å²) < 4.78 is 11.0. The third-order valence-corrected chi connectivity index (χ3v) is 3.89. The lowest BCUT2D eigenvalue weighted by atomic mass is 9.89. The van der Waals surface area contributed by atoms with E-state index in [0.717, 1.165) is 18.9 Å². The summed E-state index contributed by atoms with van der Waals surface area (Å²) in [6, 6.07) is 8.59. The number of hydrogen-bond donors (Lipinski definition) is 0. The summed E-state index contributed by atoms with van der Waals surface area (Å²) in [5, 5.41) is 0. The highest BCUT2D eigenvalue weighted by Crippen LogP contribution is 2.35. The lowest BCUT2D eigenvalue weighted by Gasteiger charge is -2.46. The predicted octanol–water partition coefficient (Wildman–Crippen LogP) is 1.65. The number of nitrogens with zero attached hydrogens (tertiary/aromatic N) is 2. The van der Waals surface area contributed by atoms with Gasteiger partial charge in [-0.1, -0.05) is 12.1 Å². The molecule has 0 radical (unpaired) electrons. The van der Waals surface area contributed by atoms with Gasteiger partial charge in [-0.3, -0.25) is 4.99 Å². The van der Waals surface area contributed by atoms with Crippen LogP contribution in [-0.4, -0.2) is 44.1 Å². The van der Waals surface area contributed by atoms with Crippen molar-refractivity contribution in [3.8, 4) is 5.75 Å². The fourth-order valence-corrected chi connectivity index (χ4v) is 2.75. The van der Waals surface area contributed by atoms with Gasteiger partial charge in [0, 0.05) is 0 Å². The molecule has 2 atom stereocenters. The first-order valence-corrected chi connectivity index (χ1v) is 6.25. The summed E-state index contributed by atoms with van der Waals surface area (Å²) in [5.74, 6) is 0.880. The van der Waals surface area contributed by atoms with Crippen molar-refractivity contribution in [3.63, 3.8) is 0 Å². The normalized spacial score (nSPS) is 30.3. The average Bonchev–Trinajstić information content (AvgIpc) is 2.89. The molecule has 2 unspecified atom stereocenters. The second kappa shape index (κ2) is 4.28. The van der Waals surface area contributed by atoms with E-state index in [4.69, 9.17) is 9.47 Å². The molecule has 18 heavy (non-hydrogen) atoms. The molecule has 0 spiro atoms. The molecule has 96 valence electrons. The van der Waals surface area contributed by atoms with E-state index in [1.54, 1.807) is 7.11 Å². The number of rotatable bonds is 2. The molecule has 1 fully saturated rings. The zero-order valence-corrected chi connectivity index (χ0v) is 10.8. The van der Waals surface area contributed by atoms with Gasteiger partial charge in [0.1, 0.15) is 5.75 Å². The Bertz CT molecular complexity index is 457. The standard InChI is InChI=1S/C14H18N2O2/c1-14(11-3-5-13(17-2)6-4-11)9-18-8-12-7-15-10-16(12)14/h3-6,10,12H,7-9H2,1-2H3. The fraction of sp³-hybridized carbons (Fsp3) is 0.500. The van der Waals surface area contributed by atoms with Gasteiger partial charge in [-0.05, 0) is 24.6 Å². The highest BCUT2D eigenvalue weighted by Gasteiger charge is 2.42. The van der Waals surface area contributed by atoms with Gasteiger partial charge in [0.05, 0.1) is 44.8 Å². The van der Waals surface area contributed by atoms with Crippen LogP contribution in [0.5, 0.6) is 5.75 Å². The van der Waals surface area contributed by atoms with Gasteiger partial charge >= 0.3 is 0 Å². The number of methoxy groups -OCH3 is 1. The van der Waals surface area contributed by atoms with E-state index in [-0.39, 0.29) is 5.54 Å². The Labute approximate surface area is 107 Å². The van der Waals surface area contributed by atoms with Crippen molar-refractivity contribution in [2.75, 3.05) is 26.9 Å². The molecule has 0 aliphatic carbocycles. The van der Waals surface area contributed by atoms with Crippen LogP contribution in [0, 0.1) is 0 Å². The van der Waals surface area contributed by atoms with E-state index in [0.29, 0.717) is 12.6 Å². The van der Waals surface area contributed by atoms with Crippen LogP contribution in [0.1, 0.15) is 12.5 Å². The molecule has 1 aromatic rings. The number of hydrogen-bond acceptors (Lipinski definition) is 4. The van der Waals surface area contributed by atoms with Crippen LogP contribution < -0.4 is 4.74 Å². The molecule has 0 bridgehead atoms. The highest BCUT2D eigenvalue weighted by molar-refractivity contribution is 5.61. The van der Waals surface area contributed by atoms with Crippen molar-refractivity contribution in [1.29, 1.82) is 0 Å². The number of benzene rings is 1. The third kappa shape index (κ3) is 1.68. The summed E-state index contributed by atoms with van der Waals surface area (Å²) in [6.07, 6.45) is 1.97. The fourth-order valence-electron chi connectivity index (χ4n) is 2.75. The summed E-state index contributed by atoms with van der Waals surface area (Å²) in [5.41, 5.74) is 1.11. The van der Waals surface area contributed by atoms with Gasteiger partial charge < -0.3 is 14.4 Å². The highest BCUT2D eigenvalue weighted by atomic mass is 16.5. The maximum absolute atomic E-state index is 5.76. The summed E-state index contributed by atoms with van der Waals surface area (Å²) in [7, 11) is 1.68. The van der Waals surface area contributed by atoms with Crippen molar-refractivity contribution in [2.24, 2.45) is 4.99 Å². The van der Waals surface area contributed by atoms with Crippen molar-refractivity contribution in [2.45, 2.75) is 18.5 Å². The molecule has 1 saturated heterocycles. The minimum atomic E-state index is -0.130. The molecule has 0 saturated carbocycles. The monoisotopic (exact) mass is 246 g/mol. The van der Waals surface area contributed by atoms with Crippen LogP contribution in [0.4, 0.5) is 0 Å². The number of aliphatic imine (C=N–C) groups is 1. The molecule has 2 heterocycles. The quantitative estimate of drug-likeness (QED) is 0.795. The van der Waals surface area contributed by atoms with E-state index in [2.05, 4.69) is 28.9 Å². The molecule has 0 N–H and O–H groups in total. The van der Waals surface area contributed by atoms with E-state index in [1.807, 2.05) is 18.5 Å². The lowest BCUT2D eigenvalue weighted by Crippen LogP contribution is -2.56. The van der Waals surface area contributed by atoms with Crippen LogP contribution in [0.25, 0.3) is 0 Å². The Morgan fingerprint density at radius 3 is 2.89 bits per heavy atom. The van der Waals surface area contributed by atoms with Gasteiger partial charge in [0.2, 0.25) is 0 Å². The van der Waals surface area contributed by atoms with Gasteiger partial charge in [0.15, 0.2) is 0 Å². The molecule has 2 aliphatic heterocycles. The first kappa shape index (κ1) is 11.5. The molecule has 2 aliphatic rings.